The molecule has 17 heavy (non-hydrogen) atoms. The van der Waals surface area contributed by atoms with Crippen LogP contribution in [0.4, 0.5) is 4.39 Å². The molecule has 90 valence electrons. The molecular formula is C13H14FNOS. The van der Waals surface area contributed by atoms with Gasteiger partial charge in [-0.2, -0.15) is 0 Å². The quantitative estimate of drug-likeness (QED) is 0.901. The average Bonchev–Trinajstić information content (AvgIpc) is 2.81. The second kappa shape index (κ2) is 5.29. The van der Waals surface area contributed by atoms with Crippen LogP contribution in [0, 0.1) is 5.82 Å². The van der Waals surface area contributed by atoms with E-state index in [1.807, 2.05) is 18.5 Å². The molecule has 1 aromatic carbocycles. The second-order valence-electron chi connectivity index (χ2n) is 3.63. The Morgan fingerprint density at radius 1 is 1.24 bits per heavy atom. The van der Waals surface area contributed by atoms with E-state index >= 15 is 0 Å². The summed E-state index contributed by atoms with van der Waals surface area (Å²) in [5.74, 6) is 0.639. The molecule has 0 aliphatic heterocycles. The smallest absolute Gasteiger partial charge is 0.134 e. The maximum atomic E-state index is 12.9. The number of hydrogen-bond donors (Lipinski definition) is 1. The Morgan fingerprint density at radius 2 is 1.94 bits per heavy atom. The van der Waals surface area contributed by atoms with Crippen molar-refractivity contribution in [1.82, 2.24) is 5.32 Å². The summed E-state index contributed by atoms with van der Waals surface area (Å²) < 4.78 is 18.2. The van der Waals surface area contributed by atoms with Crippen LogP contribution in [-0.4, -0.2) is 14.2 Å². The van der Waals surface area contributed by atoms with Crippen LogP contribution in [0.25, 0.3) is 0 Å². The Morgan fingerprint density at radius 3 is 2.53 bits per heavy atom. The molecule has 1 atom stereocenters. The molecular weight excluding hydrogens is 237 g/mol. The summed E-state index contributed by atoms with van der Waals surface area (Å²) in [6, 6.07) is 8.49. The van der Waals surface area contributed by atoms with Gasteiger partial charge in [0.25, 0.3) is 0 Å². The normalized spacial score (nSPS) is 12.4. The molecule has 0 aliphatic carbocycles. The molecule has 0 amide bonds. The van der Waals surface area contributed by atoms with Crippen molar-refractivity contribution in [2.45, 2.75) is 6.04 Å². The van der Waals surface area contributed by atoms with Crippen LogP contribution in [0.3, 0.4) is 0 Å². The standard InChI is InChI=1S/C13H14FNOS/c1-15-12(9-3-5-10(14)6-4-9)13-11(16-2)7-8-17-13/h3-8,12,15H,1-2H3. The molecule has 2 rings (SSSR count). The van der Waals surface area contributed by atoms with Gasteiger partial charge in [-0.1, -0.05) is 12.1 Å². The number of hydrogen-bond acceptors (Lipinski definition) is 3. The van der Waals surface area contributed by atoms with Gasteiger partial charge in [-0.3, -0.25) is 0 Å². The predicted molar refractivity (Wildman–Crippen MR) is 68.2 cm³/mol. The molecule has 1 N–H and O–H groups in total. The Hall–Kier alpha value is -1.39. The molecule has 0 spiro atoms. The zero-order valence-electron chi connectivity index (χ0n) is 9.74. The number of rotatable bonds is 4. The Kier molecular flexibility index (Phi) is 3.76. The topological polar surface area (TPSA) is 21.3 Å². The van der Waals surface area contributed by atoms with Crippen LogP contribution < -0.4 is 10.1 Å². The first-order valence-corrected chi connectivity index (χ1v) is 6.18. The molecule has 1 heterocycles. The van der Waals surface area contributed by atoms with Gasteiger partial charge in [0.15, 0.2) is 0 Å². The number of thiophene rings is 1. The van der Waals surface area contributed by atoms with Crippen LogP contribution in [0.1, 0.15) is 16.5 Å². The summed E-state index contributed by atoms with van der Waals surface area (Å²) >= 11 is 1.62. The highest BCUT2D eigenvalue weighted by atomic mass is 32.1. The second-order valence-corrected chi connectivity index (χ2v) is 4.57. The van der Waals surface area contributed by atoms with E-state index in [1.165, 1.54) is 12.1 Å². The van der Waals surface area contributed by atoms with Crippen LogP contribution in [0.2, 0.25) is 0 Å². The fourth-order valence-electron chi connectivity index (χ4n) is 1.79. The van der Waals surface area contributed by atoms with Gasteiger partial charge in [-0.25, -0.2) is 4.39 Å². The maximum Gasteiger partial charge on any atom is 0.134 e. The van der Waals surface area contributed by atoms with Crippen molar-refractivity contribution in [3.63, 3.8) is 0 Å². The summed E-state index contributed by atoms with van der Waals surface area (Å²) in [5.41, 5.74) is 1.02. The van der Waals surface area contributed by atoms with Crippen LogP contribution in [0.15, 0.2) is 35.7 Å². The first kappa shape index (κ1) is 12.1. The third kappa shape index (κ3) is 2.48. The van der Waals surface area contributed by atoms with E-state index in [2.05, 4.69) is 5.32 Å². The highest BCUT2D eigenvalue weighted by Gasteiger charge is 2.17. The van der Waals surface area contributed by atoms with E-state index in [-0.39, 0.29) is 11.9 Å². The Balaban J connectivity index is 2.36. The molecule has 0 saturated heterocycles. The third-order valence-electron chi connectivity index (χ3n) is 2.63. The van der Waals surface area contributed by atoms with Gasteiger partial charge in [0.1, 0.15) is 11.6 Å². The molecule has 4 heteroatoms. The van der Waals surface area contributed by atoms with Gasteiger partial charge in [0.2, 0.25) is 0 Å². The van der Waals surface area contributed by atoms with E-state index in [0.29, 0.717) is 0 Å². The molecule has 0 saturated carbocycles. The molecule has 0 fully saturated rings. The van der Waals surface area contributed by atoms with Crippen molar-refractivity contribution in [3.8, 4) is 5.75 Å². The zero-order valence-corrected chi connectivity index (χ0v) is 10.6. The van der Waals surface area contributed by atoms with E-state index in [1.54, 1.807) is 30.6 Å². The zero-order chi connectivity index (χ0) is 12.3. The van der Waals surface area contributed by atoms with Crippen molar-refractivity contribution in [2.75, 3.05) is 14.2 Å². The SMILES string of the molecule is CNC(c1ccc(F)cc1)c1sccc1OC. The molecule has 0 bridgehead atoms. The fourth-order valence-corrected chi connectivity index (χ4v) is 2.79. The number of methoxy groups -OCH3 is 1. The molecule has 0 aliphatic rings. The largest absolute Gasteiger partial charge is 0.496 e. The molecule has 2 aromatic rings. The summed E-state index contributed by atoms with van der Waals surface area (Å²) in [6.45, 7) is 0. The van der Waals surface area contributed by atoms with Gasteiger partial charge in [-0.15, -0.1) is 11.3 Å². The molecule has 1 aromatic heterocycles. The lowest BCUT2D eigenvalue weighted by Crippen LogP contribution is -2.17. The third-order valence-corrected chi connectivity index (χ3v) is 3.59. The van der Waals surface area contributed by atoms with Gasteiger partial charge in [0, 0.05) is 0 Å². The van der Waals surface area contributed by atoms with Gasteiger partial charge < -0.3 is 10.1 Å². The van der Waals surface area contributed by atoms with Crippen LogP contribution in [0.5, 0.6) is 5.75 Å². The fraction of sp³-hybridized carbons (Fsp3) is 0.231. The molecule has 1 unspecified atom stereocenters. The Labute approximate surface area is 104 Å². The lowest BCUT2D eigenvalue weighted by molar-refractivity contribution is 0.408. The highest BCUT2D eigenvalue weighted by Crippen LogP contribution is 2.34. The summed E-state index contributed by atoms with van der Waals surface area (Å²) in [4.78, 5) is 1.10. The van der Waals surface area contributed by atoms with E-state index in [0.717, 1.165) is 16.2 Å². The number of halogens is 1. The maximum absolute atomic E-state index is 12.9. The number of ether oxygens (including phenoxy) is 1. The van der Waals surface area contributed by atoms with Crippen molar-refractivity contribution >= 4 is 11.3 Å². The minimum atomic E-state index is -0.221. The van der Waals surface area contributed by atoms with E-state index in [9.17, 15) is 4.39 Å². The van der Waals surface area contributed by atoms with E-state index < -0.39 is 0 Å². The lowest BCUT2D eigenvalue weighted by Gasteiger charge is -2.16. The first-order chi connectivity index (χ1) is 8.26. The van der Waals surface area contributed by atoms with Crippen LogP contribution >= 0.6 is 11.3 Å². The molecule has 2 nitrogen and oxygen atoms in total. The monoisotopic (exact) mass is 251 g/mol. The average molecular weight is 251 g/mol. The van der Waals surface area contributed by atoms with Gasteiger partial charge in [0.05, 0.1) is 18.0 Å². The van der Waals surface area contributed by atoms with Crippen molar-refractivity contribution in [2.24, 2.45) is 0 Å². The van der Waals surface area contributed by atoms with Crippen molar-refractivity contribution in [1.29, 1.82) is 0 Å². The molecule has 0 radical (unpaired) electrons. The number of benzene rings is 1. The van der Waals surface area contributed by atoms with Crippen molar-refractivity contribution in [3.05, 3.63) is 52.0 Å². The predicted octanol–water partition coefficient (Wildman–Crippen LogP) is 3.20. The van der Waals surface area contributed by atoms with E-state index in [4.69, 9.17) is 4.74 Å². The highest BCUT2D eigenvalue weighted by molar-refractivity contribution is 7.10. The number of nitrogens with one attached hydrogen (secondary N) is 1. The summed E-state index contributed by atoms with van der Waals surface area (Å²) in [7, 11) is 3.54. The first-order valence-electron chi connectivity index (χ1n) is 5.30. The van der Waals surface area contributed by atoms with Crippen molar-refractivity contribution < 1.29 is 9.13 Å². The van der Waals surface area contributed by atoms with Crippen LogP contribution in [-0.2, 0) is 0 Å². The minimum absolute atomic E-state index is 0.0329. The Bertz CT molecular complexity index is 480. The minimum Gasteiger partial charge on any atom is -0.496 e. The lowest BCUT2D eigenvalue weighted by atomic mass is 10.1. The van der Waals surface area contributed by atoms with Gasteiger partial charge >= 0.3 is 0 Å². The summed E-state index contributed by atoms with van der Waals surface area (Å²) in [6.07, 6.45) is 0. The van der Waals surface area contributed by atoms with Gasteiger partial charge in [-0.05, 0) is 36.2 Å². The summed E-state index contributed by atoms with van der Waals surface area (Å²) in [5, 5.41) is 5.21.